The van der Waals surface area contributed by atoms with Gasteiger partial charge < -0.3 is 14.6 Å². The third-order valence-corrected chi connectivity index (χ3v) is 6.06. The van der Waals surface area contributed by atoms with Crippen molar-refractivity contribution in [3.05, 3.63) is 33.4 Å². The fraction of sp³-hybridized carbons (Fsp3) is 0.591. The second kappa shape index (κ2) is 8.09. The Labute approximate surface area is 183 Å². The maximum atomic E-state index is 13.9. The number of benzene rings is 1. The Morgan fingerprint density at radius 2 is 1.80 bits per heavy atom. The largest absolute Gasteiger partial charge is 0.444 e. The summed E-state index contributed by atoms with van der Waals surface area (Å²) in [6.07, 6.45) is -3.92. The number of halogens is 4. The Morgan fingerprint density at radius 1 is 1.20 bits per heavy atom. The first-order valence-electron chi connectivity index (χ1n) is 10.2. The van der Waals surface area contributed by atoms with Crippen LogP contribution in [0.15, 0.2) is 16.7 Å². The zero-order valence-corrected chi connectivity index (χ0v) is 19.5. The van der Waals surface area contributed by atoms with Gasteiger partial charge in [0.25, 0.3) is 0 Å². The van der Waals surface area contributed by atoms with Gasteiger partial charge >= 0.3 is 12.3 Å². The van der Waals surface area contributed by atoms with Crippen molar-refractivity contribution < 1.29 is 22.7 Å². The van der Waals surface area contributed by atoms with Crippen LogP contribution in [0.3, 0.4) is 0 Å². The van der Waals surface area contributed by atoms with Gasteiger partial charge in [0.1, 0.15) is 5.60 Å². The molecule has 0 unspecified atom stereocenters. The number of aromatic amines is 1. The number of aromatic nitrogens is 1. The zero-order valence-electron chi connectivity index (χ0n) is 17.9. The van der Waals surface area contributed by atoms with Crippen LogP contribution in [-0.4, -0.2) is 34.7 Å². The zero-order chi connectivity index (χ0) is 22.4. The van der Waals surface area contributed by atoms with Crippen molar-refractivity contribution in [1.29, 1.82) is 0 Å². The van der Waals surface area contributed by atoms with Crippen LogP contribution in [0, 0.1) is 0 Å². The first kappa shape index (κ1) is 23.0. The number of rotatable bonds is 2. The number of piperidine rings is 1. The molecule has 4 nitrogen and oxygen atoms in total. The van der Waals surface area contributed by atoms with E-state index in [0.717, 1.165) is 15.6 Å². The smallest absolute Gasteiger partial charge is 0.416 e. The summed E-state index contributed by atoms with van der Waals surface area (Å²) in [6.45, 7) is 10.2. The van der Waals surface area contributed by atoms with Crippen molar-refractivity contribution in [1.82, 2.24) is 9.88 Å². The normalized spacial score (nSPS) is 16.5. The second-order valence-electron chi connectivity index (χ2n) is 9.23. The van der Waals surface area contributed by atoms with Crippen LogP contribution >= 0.6 is 15.9 Å². The summed E-state index contributed by atoms with van der Waals surface area (Å²) in [5.74, 6) is -0.106. The maximum absolute atomic E-state index is 13.9. The minimum Gasteiger partial charge on any atom is -0.444 e. The fourth-order valence-corrected chi connectivity index (χ4v) is 4.98. The lowest BCUT2D eigenvalue weighted by Crippen LogP contribution is -2.41. The summed E-state index contributed by atoms with van der Waals surface area (Å²) in [7, 11) is 0. The van der Waals surface area contributed by atoms with Crippen LogP contribution in [-0.2, 0) is 10.9 Å². The molecule has 0 saturated carbocycles. The second-order valence-corrected chi connectivity index (χ2v) is 10.0. The Kier molecular flexibility index (Phi) is 6.20. The Balaban J connectivity index is 1.93. The molecule has 1 aromatic heterocycles. The number of nitrogens with zero attached hydrogens (tertiary/aromatic N) is 1. The van der Waals surface area contributed by atoms with Gasteiger partial charge in [-0.05, 0) is 84.6 Å². The molecule has 1 saturated heterocycles. The number of H-pyrrole nitrogens is 1. The van der Waals surface area contributed by atoms with Crippen molar-refractivity contribution in [2.75, 3.05) is 13.1 Å². The van der Waals surface area contributed by atoms with Crippen molar-refractivity contribution >= 4 is 32.9 Å². The van der Waals surface area contributed by atoms with Crippen LogP contribution < -0.4 is 0 Å². The highest BCUT2D eigenvalue weighted by atomic mass is 79.9. The first-order valence-corrected chi connectivity index (χ1v) is 11.0. The molecule has 1 aliphatic rings. The Morgan fingerprint density at radius 3 is 2.30 bits per heavy atom. The highest BCUT2D eigenvalue weighted by Crippen LogP contribution is 2.43. The van der Waals surface area contributed by atoms with Crippen molar-refractivity contribution in [2.45, 2.75) is 71.1 Å². The summed E-state index contributed by atoms with van der Waals surface area (Å²) in [5.41, 5.74) is 0.568. The number of hydrogen-bond acceptors (Lipinski definition) is 2. The summed E-state index contributed by atoms with van der Waals surface area (Å²) in [6, 6.07) is 2.92. The number of ether oxygens (including phenoxy) is 1. The van der Waals surface area contributed by atoms with E-state index in [1.54, 1.807) is 31.7 Å². The first-order chi connectivity index (χ1) is 13.8. The quantitative estimate of drug-likeness (QED) is 0.486. The number of carbonyl (C=O) groups excluding carboxylic acids is 1. The number of likely N-dealkylation sites (tertiary alicyclic amines) is 1. The molecule has 8 heteroatoms. The molecule has 0 bridgehead atoms. The van der Waals surface area contributed by atoms with Crippen LogP contribution in [0.25, 0.3) is 10.9 Å². The van der Waals surface area contributed by atoms with Crippen LogP contribution in [0.5, 0.6) is 0 Å². The summed E-state index contributed by atoms with van der Waals surface area (Å²) < 4.78 is 47.7. The highest BCUT2D eigenvalue weighted by molar-refractivity contribution is 9.10. The molecule has 2 aromatic rings. The molecule has 0 atom stereocenters. The van der Waals surface area contributed by atoms with Crippen molar-refractivity contribution in [2.24, 2.45) is 0 Å². The van der Waals surface area contributed by atoms with Gasteiger partial charge in [0.05, 0.1) is 10.2 Å². The lowest BCUT2D eigenvalue weighted by Gasteiger charge is -2.34. The minimum absolute atomic E-state index is 0.159. The van der Waals surface area contributed by atoms with E-state index in [2.05, 4.69) is 20.9 Å². The van der Waals surface area contributed by atoms with Crippen molar-refractivity contribution in [3.63, 3.8) is 0 Å². The van der Waals surface area contributed by atoms with Gasteiger partial charge in [-0.3, -0.25) is 0 Å². The molecular weight excluding hydrogens is 461 g/mol. The van der Waals surface area contributed by atoms with E-state index < -0.39 is 23.4 Å². The molecule has 1 aromatic carbocycles. The number of fused-ring (bicyclic) bond motifs is 1. The van der Waals surface area contributed by atoms with Crippen LogP contribution in [0.4, 0.5) is 18.0 Å². The standard InChI is InChI=1S/C22H28BrF3N2O2/c1-12(2)18-15-10-14(16(22(24,25)26)11-17(15)27-19(18)23)13-6-8-28(9-7-13)20(29)30-21(3,4)5/h10-13,27H,6-9H2,1-5H3. The average molecular weight is 489 g/mol. The Hall–Kier alpha value is -1.70. The summed E-state index contributed by atoms with van der Waals surface area (Å²) in [4.78, 5) is 16.9. The molecule has 1 N–H and O–H groups in total. The molecule has 0 radical (unpaired) electrons. The molecule has 1 fully saturated rings. The van der Waals surface area contributed by atoms with E-state index in [4.69, 9.17) is 4.74 Å². The average Bonchev–Trinajstić information content (AvgIpc) is 2.93. The lowest BCUT2D eigenvalue weighted by atomic mass is 9.85. The van der Waals surface area contributed by atoms with Gasteiger partial charge in [-0.1, -0.05) is 13.8 Å². The van der Waals surface area contributed by atoms with Gasteiger partial charge in [-0.2, -0.15) is 13.2 Å². The van der Waals surface area contributed by atoms with Crippen molar-refractivity contribution in [3.8, 4) is 0 Å². The third kappa shape index (κ3) is 4.79. The SMILES string of the molecule is CC(C)c1c(Br)[nH]c2cc(C(F)(F)F)c(C3CCN(C(=O)OC(C)(C)C)CC3)cc12. The minimum atomic E-state index is -4.44. The third-order valence-electron chi connectivity index (χ3n) is 5.43. The monoisotopic (exact) mass is 488 g/mol. The molecule has 2 heterocycles. The molecule has 1 amide bonds. The maximum Gasteiger partial charge on any atom is 0.416 e. The molecule has 0 spiro atoms. The van der Waals surface area contributed by atoms with E-state index in [1.165, 1.54) is 6.07 Å². The fourth-order valence-electron chi connectivity index (χ4n) is 4.09. The topological polar surface area (TPSA) is 45.3 Å². The lowest BCUT2D eigenvalue weighted by molar-refractivity contribution is -0.138. The van der Waals surface area contributed by atoms with E-state index in [0.29, 0.717) is 37.0 Å². The van der Waals surface area contributed by atoms with Gasteiger partial charge in [0.15, 0.2) is 0 Å². The van der Waals surface area contributed by atoms with E-state index in [1.807, 2.05) is 13.8 Å². The summed E-state index contributed by atoms with van der Waals surface area (Å²) >= 11 is 3.46. The van der Waals surface area contributed by atoms with Gasteiger partial charge in [0, 0.05) is 24.0 Å². The highest BCUT2D eigenvalue weighted by Gasteiger charge is 2.38. The number of amides is 1. The summed E-state index contributed by atoms with van der Waals surface area (Å²) in [5, 5.41) is 0.814. The van der Waals surface area contributed by atoms with Crippen LogP contribution in [0.1, 0.15) is 76.0 Å². The van der Waals surface area contributed by atoms with Crippen LogP contribution in [0.2, 0.25) is 0 Å². The number of hydrogen-bond donors (Lipinski definition) is 1. The van der Waals surface area contributed by atoms with Gasteiger partial charge in [-0.25, -0.2) is 4.79 Å². The predicted octanol–water partition coefficient (Wildman–Crippen LogP) is 7.19. The van der Waals surface area contributed by atoms with Gasteiger partial charge in [-0.15, -0.1) is 0 Å². The molecule has 3 rings (SSSR count). The number of nitrogens with one attached hydrogen (secondary N) is 1. The van der Waals surface area contributed by atoms with Gasteiger partial charge in [0.2, 0.25) is 0 Å². The number of alkyl halides is 3. The molecule has 0 aliphatic carbocycles. The molecule has 1 aliphatic heterocycles. The Bertz CT molecular complexity index is 936. The van der Waals surface area contributed by atoms with E-state index in [9.17, 15) is 18.0 Å². The van der Waals surface area contributed by atoms with E-state index >= 15 is 0 Å². The molecule has 166 valence electrons. The number of carbonyl (C=O) groups is 1. The predicted molar refractivity (Wildman–Crippen MR) is 115 cm³/mol. The van der Waals surface area contributed by atoms with E-state index in [-0.39, 0.29) is 11.8 Å². The molecular formula is C22H28BrF3N2O2. The molecule has 30 heavy (non-hydrogen) atoms.